The molecule has 0 spiro atoms. The standard InChI is InChI=1S/C5F8O4S2/c6-2(7)3(8,9)5(12,13)19(16,17)1(14)18(15)4(2,10)11/t18-/m1/s1. The molecule has 0 amide bonds. The lowest BCUT2D eigenvalue weighted by Gasteiger charge is -2.31. The average molecular weight is 340 g/mol. The van der Waals surface area contributed by atoms with Gasteiger partial charge in [-0.15, -0.1) is 0 Å². The number of hydrogen-bond donors (Lipinski definition) is 0. The molecular formula is C5F8O4S2. The third-order valence-corrected chi connectivity index (χ3v) is 5.57. The Morgan fingerprint density at radius 2 is 1.21 bits per heavy atom. The van der Waals surface area contributed by atoms with Crippen LogP contribution in [0.5, 0.6) is 0 Å². The van der Waals surface area contributed by atoms with E-state index in [1.807, 2.05) is 0 Å². The van der Waals surface area contributed by atoms with E-state index in [0.717, 1.165) is 0 Å². The molecule has 1 aliphatic heterocycles. The van der Waals surface area contributed by atoms with Crippen LogP contribution in [-0.4, -0.2) is 39.4 Å². The van der Waals surface area contributed by atoms with Crippen LogP contribution in [0.3, 0.4) is 0 Å². The van der Waals surface area contributed by atoms with Gasteiger partial charge in [0.25, 0.3) is 9.84 Å². The lowest BCUT2D eigenvalue weighted by atomic mass is 10.2. The Balaban J connectivity index is 3.91. The van der Waals surface area contributed by atoms with Crippen LogP contribution in [0.2, 0.25) is 0 Å². The summed E-state index contributed by atoms with van der Waals surface area (Å²) in [5.74, 6) is -14.2. The normalized spacial score (nSPS) is 34.5. The zero-order chi connectivity index (χ0) is 15.7. The predicted molar refractivity (Wildman–Crippen MR) is 42.2 cm³/mol. The van der Waals surface area contributed by atoms with Crippen molar-refractivity contribution in [3.05, 3.63) is 0 Å². The second-order valence-corrected chi connectivity index (χ2v) is 6.77. The maximum absolute atomic E-state index is 12.8. The SMILES string of the molecule is O=C1[S@@](=O)C(F)(F)C(F)(F)C(F)(F)C(F)(F)S1(=O)=O. The van der Waals surface area contributed by atoms with Crippen molar-refractivity contribution in [2.24, 2.45) is 0 Å². The fourth-order valence-electron chi connectivity index (χ4n) is 0.960. The van der Waals surface area contributed by atoms with Crippen LogP contribution >= 0.6 is 0 Å². The monoisotopic (exact) mass is 340 g/mol. The van der Waals surface area contributed by atoms with Crippen LogP contribution in [0.25, 0.3) is 0 Å². The highest BCUT2D eigenvalue weighted by molar-refractivity contribution is 8.29. The molecule has 0 aliphatic carbocycles. The average Bonchev–Trinajstić information content (AvgIpc) is 2.25. The topological polar surface area (TPSA) is 68.3 Å². The molecule has 0 bridgehead atoms. The van der Waals surface area contributed by atoms with E-state index in [0.29, 0.717) is 0 Å². The first kappa shape index (κ1) is 16.3. The van der Waals surface area contributed by atoms with E-state index in [9.17, 15) is 52.5 Å². The first-order valence-electron chi connectivity index (χ1n) is 3.78. The summed E-state index contributed by atoms with van der Waals surface area (Å²) in [5, 5.41) is -13.3. The van der Waals surface area contributed by atoms with Gasteiger partial charge in [0, 0.05) is 0 Å². The van der Waals surface area contributed by atoms with E-state index in [1.54, 1.807) is 0 Å². The van der Waals surface area contributed by atoms with Gasteiger partial charge in [0.15, 0.2) is 10.8 Å². The van der Waals surface area contributed by atoms with Gasteiger partial charge in [-0.25, -0.2) is 12.6 Å². The van der Waals surface area contributed by atoms with Crippen LogP contribution in [0.4, 0.5) is 39.9 Å². The van der Waals surface area contributed by atoms with Crippen LogP contribution in [-0.2, 0) is 20.6 Å². The Morgan fingerprint density at radius 3 is 1.58 bits per heavy atom. The highest BCUT2D eigenvalue weighted by Crippen LogP contribution is 2.58. The first-order valence-corrected chi connectivity index (χ1v) is 6.42. The number of hydrogen-bond acceptors (Lipinski definition) is 4. The second kappa shape index (κ2) is 3.65. The summed E-state index contributed by atoms with van der Waals surface area (Å²) in [5.41, 5.74) is 0. The van der Waals surface area contributed by atoms with E-state index >= 15 is 0 Å². The Morgan fingerprint density at radius 1 is 0.842 bits per heavy atom. The van der Waals surface area contributed by atoms with E-state index in [-0.39, 0.29) is 0 Å². The van der Waals surface area contributed by atoms with Gasteiger partial charge in [-0.3, -0.25) is 4.79 Å². The summed E-state index contributed by atoms with van der Waals surface area (Å²) in [6.07, 6.45) is 0. The van der Waals surface area contributed by atoms with Crippen molar-refractivity contribution < 1.29 is 52.5 Å². The summed E-state index contributed by atoms with van der Waals surface area (Å²) in [7, 11) is -12.3. The molecule has 0 aromatic rings. The summed E-state index contributed by atoms with van der Waals surface area (Å²) in [6.45, 7) is 0. The number of rotatable bonds is 0. The molecule has 0 saturated carbocycles. The van der Waals surface area contributed by atoms with E-state index in [2.05, 4.69) is 0 Å². The van der Waals surface area contributed by atoms with Crippen molar-refractivity contribution in [1.29, 1.82) is 0 Å². The van der Waals surface area contributed by atoms with Gasteiger partial charge in [-0.1, -0.05) is 0 Å². The molecule has 0 N–H and O–H groups in total. The number of alkyl halides is 8. The Hall–Kier alpha value is -0.790. The second-order valence-electron chi connectivity index (χ2n) is 3.20. The number of sulfone groups is 1. The van der Waals surface area contributed by atoms with E-state index in [1.165, 1.54) is 0 Å². The van der Waals surface area contributed by atoms with Crippen molar-refractivity contribution in [3.63, 3.8) is 0 Å². The highest BCUT2D eigenvalue weighted by Gasteiger charge is 2.90. The minimum absolute atomic E-state index is 3.60. The molecule has 0 radical (unpaired) electrons. The fraction of sp³-hybridized carbons (Fsp3) is 0.800. The molecule has 1 atom stereocenters. The van der Waals surface area contributed by atoms with Crippen molar-refractivity contribution in [1.82, 2.24) is 0 Å². The van der Waals surface area contributed by atoms with Crippen molar-refractivity contribution >= 4 is 25.1 Å². The van der Waals surface area contributed by atoms with Gasteiger partial charge < -0.3 is 0 Å². The minimum Gasteiger partial charge on any atom is -0.266 e. The molecule has 0 unspecified atom stereocenters. The summed E-state index contributed by atoms with van der Waals surface area (Å²) in [4.78, 5) is 10.6. The molecule has 1 aliphatic rings. The summed E-state index contributed by atoms with van der Waals surface area (Å²) >= 11 is 0. The van der Waals surface area contributed by atoms with Gasteiger partial charge in [0.2, 0.25) is 0 Å². The molecule has 1 saturated heterocycles. The number of carbonyl (C=O) groups is 1. The molecule has 1 rings (SSSR count). The lowest BCUT2D eigenvalue weighted by Crippen LogP contribution is -2.62. The maximum atomic E-state index is 12.8. The molecular weight excluding hydrogens is 340 g/mol. The molecule has 112 valence electrons. The fourth-order valence-corrected chi connectivity index (χ4v) is 3.63. The zero-order valence-corrected chi connectivity index (χ0v) is 9.61. The molecule has 1 fully saturated rings. The third kappa shape index (κ3) is 1.52. The molecule has 1 heterocycles. The largest absolute Gasteiger partial charge is 0.422 e. The first-order chi connectivity index (χ1) is 8.07. The lowest BCUT2D eigenvalue weighted by molar-refractivity contribution is -0.323. The van der Waals surface area contributed by atoms with Crippen molar-refractivity contribution in [2.45, 2.75) is 22.4 Å². The summed E-state index contributed by atoms with van der Waals surface area (Å²) < 4.78 is 130. The van der Waals surface area contributed by atoms with Gasteiger partial charge in [0.1, 0.15) is 0 Å². The smallest absolute Gasteiger partial charge is 0.266 e. The van der Waals surface area contributed by atoms with Gasteiger partial charge in [0.05, 0.1) is 0 Å². The van der Waals surface area contributed by atoms with Crippen LogP contribution < -0.4 is 0 Å². The Bertz CT molecular complexity index is 564. The molecule has 0 aromatic heterocycles. The number of carbonyl (C=O) groups excluding carboxylic acids is 1. The van der Waals surface area contributed by atoms with Crippen LogP contribution in [0.1, 0.15) is 0 Å². The van der Waals surface area contributed by atoms with Gasteiger partial charge in [-0.05, 0) is 0 Å². The third-order valence-electron chi connectivity index (χ3n) is 2.07. The molecule has 4 nitrogen and oxygen atoms in total. The number of halogens is 8. The van der Waals surface area contributed by atoms with Crippen LogP contribution in [0.15, 0.2) is 0 Å². The molecule has 19 heavy (non-hydrogen) atoms. The molecule has 0 aromatic carbocycles. The Labute approximate surface area is 101 Å². The highest BCUT2D eigenvalue weighted by atomic mass is 32.3. The zero-order valence-electron chi connectivity index (χ0n) is 7.97. The van der Waals surface area contributed by atoms with E-state index in [4.69, 9.17) is 0 Å². The van der Waals surface area contributed by atoms with Gasteiger partial charge >= 0.3 is 26.8 Å². The molecule has 14 heteroatoms. The minimum atomic E-state index is -7.16. The maximum Gasteiger partial charge on any atom is 0.422 e. The van der Waals surface area contributed by atoms with Crippen LogP contribution in [0, 0.1) is 0 Å². The predicted octanol–water partition coefficient (Wildman–Crippen LogP) is 1.74. The van der Waals surface area contributed by atoms with Gasteiger partial charge in [-0.2, -0.15) is 35.1 Å². The quantitative estimate of drug-likeness (QED) is 0.630. The summed E-state index contributed by atoms with van der Waals surface area (Å²) in [6, 6.07) is 0. The van der Waals surface area contributed by atoms with Crippen molar-refractivity contribution in [2.75, 3.05) is 0 Å². The Kier molecular flexibility index (Phi) is 3.12. The van der Waals surface area contributed by atoms with E-state index < -0.39 is 47.4 Å². The van der Waals surface area contributed by atoms with Crippen molar-refractivity contribution in [3.8, 4) is 0 Å².